The van der Waals surface area contributed by atoms with E-state index in [1.807, 2.05) is 6.07 Å². The Balaban J connectivity index is 1.33. The summed E-state index contributed by atoms with van der Waals surface area (Å²) in [7, 11) is 0. The summed E-state index contributed by atoms with van der Waals surface area (Å²) in [5.41, 5.74) is 6.48. The third-order valence-corrected chi connectivity index (χ3v) is 9.03. The molecule has 1 aromatic carbocycles. The number of nitrogens with zero attached hydrogens (tertiary/aromatic N) is 3. The van der Waals surface area contributed by atoms with Gasteiger partial charge in [-0.2, -0.15) is 0 Å². The van der Waals surface area contributed by atoms with Gasteiger partial charge < -0.3 is 5.32 Å². The smallest absolute Gasteiger partial charge is 0.230 e. The van der Waals surface area contributed by atoms with Gasteiger partial charge in [-0.3, -0.25) is 4.79 Å². The van der Waals surface area contributed by atoms with E-state index >= 15 is 0 Å². The van der Waals surface area contributed by atoms with Gasteiger partial charge in [-0.25, -0.2) is 15.0 Å². The fraction of sp³-hybridized carbons (Fsp3) is 0.448. The van der Waals surface area contributed by atoms with Crippen molar-refractivity contribution in [2.45, 2.75) is 76.8 Å². The lowest BCUT2D eigenvalue weighted by Crippen LogP contribution is -2.34. The summed E-state index contributed by atoms with van der Waals surface area (Å²) in [4.78, 5) is 28.2. The lowest BCUT2D eigenvalue weighted by Gasteiger charge is -2.20. The highest BCUT2D eigenvalue weighted by Crippen LogP contribution is 2.41. The van der Waals surface area contributed by atoms with Crippen molar-refractivity contribution in [1.82, 2.24) is 20.3 Å². The zero-order chi connectivity index (χ0) is 25.1. The second-order valence-electron chi connectivity index (χ2n) is 10.2. The van der Waals surface area contributed by atoms with Crippen LogP contribution in [0, 0.1) is 5.92 Å². The predicted molar refractivity (Wildman–Crippen MR) is 151 cm³/mol. The zero-order valence-electron chi connectivity index (χ0n) is 21.3. The molecule has 188 valence electrons. The second-order valence-corrected chi connectivity index (χ2v) is 12.2. The number of fused-ring (bicyclic) bond motifs is 5. The van der Waals surface area contributed by atoms with Crippen molar-refractivity contribution in [2.75, 3.05) is 5.75 Å². The number of hydrogen-bond donors (Lipinski definition) is 1. The Kier molecular flexibility index (Phi) is 7.87. The van der Waals surface area contributed by atoms with Gasteiger partial charge in [0.1, 0.15) is 16.2 Å². The van der Waals surface area contributed by atoms with Crippen molar-refractivity contribution in [2.24, 2.45) is 5.92 Å². The van der Waals surface area contributed by atoms with Crippen LogP contribution in [0.3, 0.4) is 0 Å². The molecule has 1 N–H and O–H groups in total. The Morgan fingerprint density at radius 3 is 2.64 bits per heavy atom. The molecule has 5 nitrogen and oxygen atoms in total. The first kappa shape index (κ1) is 25.2. The number of aromatic nitrogens is 3. The van der Waals surface area contributed by atoms with Gasteiger partial charge in [0.15, 0.2) is 0 Å². The van der Waals surface area contributed by atoms with Gasteiger partial charge in [0.05, 0.1) is 16.0 Å². The van der Waals surface area contributed by atoms with Crippen LogP contribution in [0.15, 0.2) is 41.7 Å². The van der Waals surface area contributed by atoms with Gasteiger partial charge >= 0.3 is 0 Å². The average molecular weight is 519 g/mol. The molecule has 0 saturated heterocycles. The largest absolute Gasteiger partial charge is 0.353 e. The fourth-order valence-corrected chi connectivity index (χ4v) is 7.19. The summed E-state index contributed by atoms with van der Waals surface area (Å²) in [5, 5.41) is 5.25. The van der Waals surface area contributed by atoms with E-state index in [4.69, 9.17) is 9.97 Å². The maximum Gasteiger partial charge on any atom is 0.230 e. The minimum atomic E-state index is 0.0446. The summed E-state index contributed by atoms with van der Waals surface area (Å²) in [6, 6.07) is 10.5. The summed E-state index contributed by atoms with van der Waals surface area (Å²) < 4.78 is 1.06. The molecule has 1 atom stereocenters. The Bertz CT molecular complexity index is 1370. The molecule has 1 unspecified atom stereocenters. The Labute approximate surface area is 221 Å². The van der Waals surface area contributed by atoms with Crippen molar-refractivity contribution in [3.8, 4) is 0 Å². The molecule has 7 heteroatoms. The van der Waals surface area contributed by atoms with Crippen molar-refractivity contribution >= 4 is 49.4 Å². The van der Waals surface area contributed by atoms with Gasteiger partial charge in [-0.15, -0.1) is 11.3 Å². The summed E-state index contributed by atoms with van der Waals surface area (Å²) >= 11 is 3.19. The maximum atomic E-state index is 12.7. The molecule has 36 heavy (non-hydrogen) atoms. The van der Waals surface area contributed by atoms with Crippen molar-refractivity contribution < 1.29 is 4.79 Å². The molecule has 1 aliphatic carbocycles. The number of thioether (sulfide) groups is 1. The zero-order valence-corrected chi connectivity index (χ0v) is 23.0. The molecule has 3 aromatic heterocycles. The average Bonchev–Trinajstić information content (AvgIpc) is 3.26. The number of pyridine rings is 1. The van der Waals surface area contributed by atoms with E-state index in [1.54, 1.807) is 17.7 Å². The first-order chi connectivity index (χ1) is 17.5. The molecule has 0 radical (unpaired) electrons. The fourth-order valence-electron chi connectivity index (χ4n) is 5.13. The number of carbonyl (C=O) groups excluding carboxylic acids is 1. The quantitative estimate of drug-likeness (QED) is 0.201. The van der Waals surface area contributed by atoms with E-state index in [2.05, 4.69) is 55.3 Å². The molecule has 0 bridgehead atoms. The van der Waals surface area contributed by atoms with Crippen LogP contribution in [0.25, 0.3) is 20.4 Å². The van der Waals surface area contributed by atoms with E-state index in [0.29, 0.717) is 11.7 Å². The first-order valence-electron chi connectivity index (χ1n) is 13.0. The topological polar surface area (TPSA) is 67.8 Å². The minimum Gasteiger partial charge on any atom is -0.353 e. The third kappa shape index (κ3) is 5.57. The standard InChI is InChI=1S/C29H34N4OS2/c1-18(2)15-23-21-11-7-8-12-22(21)25-26-27(36-28(25)33-23)29(31-17-30-26)35-16-24(34)32-19(3)13-14-20-9-5-4-6-10-20/h4-6,9-10,17-19H,7-8,11-16H2,1-3H3,(H,32,34). The van der Waals surface area contributed by atoms with Crippen LogP contribution >= 0.6 is 23.1 Å². The molecule has 3 heterocycles. The molecule has 0 spiro atoms. The van der Waals surface area contributed by atoms with Crippen molar-refractivity contribution in [3.05, 3.63) is 59.0 Å². The van der Waals surface area contributed by atoms with Crippen LogP contribution in [0.2, 0.25) is 0 Å². The molecule has 4 aromatic rings. The van der Waals surface area contributed by atoms with E-state index in [-0.39, 0.29) is 11.9 Å². The monoisotopic (exact) mass is 518 g/mol. The number of thiophene rings is 1. The van der Waals surface area contributed by atoms with Gasteiger partial charge in [0.25, 0.3) is 0 Å². The van der Waals surface area contributed by atoms with E-state index < -0.39 is 0 Å². The molecule has 0 fully saturated rings. The predicted octanol–water partition coefficient (Wildman–Crippen LogP) is 6.55. The summed E-state index contributed by atoms with van der Waals surface area (Å²) in [6.45, 7) is 6.60. The molecule has 1 aliphatic rings. The highest BCUT2D eigenvalue weighted by molar-refractivity contribution is 8.00. The van der Waals surface area contributed by atoms with Gasteiger partial charge in [-0.05, 0) is 74.5 Å². The molecular formula is C29H34N4OS2. The van der Waals surface area contributed by atoms with Crippen LogP contribution in [0.1, 0.15) is 62.4 Å². The minimum absolute atomic E-state index is 0.0446. The molecule has 0 saturated carbocycles. The number of aryl methyl sites for hydroxylation is 2. The molecule has 0 aliphatic heterocycles. The Morgan fingerprint density at radius 1 is 1.08 bits per heavy atom. The van der Waals surface area contributed by atoms with Gasteiger partial charge in [0.2, 0.25) is 5.91 Å². The normalized spacial score (nSPS) is 14.3. The van der Waals surface area contributed by atoms with Crippen LogP contribution in [-0.2, 0) is 30.5 Å². The second kappa shape index (κ2) is 11.3. The molecular weight excluding hydrogens is 484 g/mol. The number of benzene rings is 1. The maximum absolute atomic E-state index is 12.7. The first-order valence-corrected chi connectivity index (χ1v) is 14.8. The van der Waals surface area contributed by atoms with Crippen molar-refractivity contribution in [3.63, 3.8) is 0 Å². The van der Waals surface area contributed by atoms with E-state index in [1.165, 1.54) is 52.4 Å². The summed E-state index contributed by atoms with van der Waals surface area (Å²) in [5.74, 6) is 0.971. The van der Waals surface area contributed by atoms with Crippen LogP contribution < -0.4 is 5.32 Å². The number of carbonyl (C=O) groups is 1. The third-order valence-electron chi connectivity index (χ3n) is 6.83. The van der Waals surface area contributed by atoms with Gasteiger partial charge in [0, 0.05) is 17.1 Å². The lowest BCUT2D eigenvalue weighted by atomic mass is 9.87. The lowest BCUT2D eigenvalue weighted by molar-refractivity contribution is -0.119. The highest BCUT2D eigenvalue weighted by atomic mass is 32.2. The number of nitrogens with one attached hydrogen (secondary N) is 1. The van der Waals surface area contributed by atoms with Crippen molar-refractivity contribution in [1.29, 1.82) is 0 Å². The van der Waals surface area contributed by atoms with E-state index in [9.17, 15) is 4.79 Å². The molecule has 1 amide bonds. The molecule has 5 rings (SSSR count). The SMILES string of the molecule is CC(C)Cc1nc2sc3c(SCC(=O)NC(C)CCc4ccccc4)ncnc3c2c2c1CCCC2. The van der Waals surface area contributed by atoms with Crippen LogP contribution in [0.5, 0.6) is 0 Å². The number of hydrogen-bond acceptors (Lipinski definition) is 6. The van der Waals surface area contributed by atoms with Crippen LogP contribution in [0.4, 0.5) is 0 Å². The van der Waals surface area contributed by atoms with E-state index in [0.717, 1.165) is 52.2 Å². The number of rotatable bonds is 9. The Hall–Kier alpha value is -2.51. The number of amides is 1. The van der Waals surface area contributed by atoms with Crippen LogP contribution in [-0.4, -0.2) is 32.7 Å². The Morgan fingerprint density at radius 2 is 1.86 bits per heavy atom. The summed E-state index contributed by atoms with van der Waals surface area (Å²) in [6.07, 6.45) is 9.22. The van der Waals surface area contributed by atoms with Gasteiger partial charge in [-0.1, -0.05) is 55.9 Å². The highest BCUT2D eigenvalue weighted by Gasteiger charge is 2.23.